The Hall–Kier alpha value is -4.08. The van der Waals surface area contributed by atoms with Crippen LogP contribution in [0.3, 0.4) is 0 Å². The van der Waals surface area contributed by atoms with Crippen LogP contribution >= 0.6 is 11.6 Å². The number of nitrogens with zero attached hydrogens (tertiary/aromatic N) is 2. The molecule has 2 unspecified atom stereocenters. The zero-order chi connectivity index (χ0) is 25.9. The highest BCUT2D eigenvalue weighted by Crippen LogP contribution is 2.39. The molecule has 0 saturated heterocycles. The molecule has 0 aliphatic carbocycles. The van der Waals surface area contributed by atoms with Gasteiger partial charge in [0.15, 0.2) is 0 Å². The van der Waals surface area contributed by atoms with Crippen molar-refractivity contribution in [2.24, 2.45) is 0 Å². The van der Waals surface area contributed by atoms with E-state index in [-0.39, 0.29) is 19.1 Å². The lowest BCUT2D eigenvalue weighted by Gasteiger charge is -2.34. The first-order valence-electron chi connectivity index (χ1n) is 11.8. The summed E-state index contributed by atoms with van der Waals surface area (Å²) in [5.41, 5.74) is 4.01. The molecule has 0 fully saturated rings. The minimum absolute atomic E-state index is 0.0225. The summed E-state index contributed by atoms with van der Waals surface area (Å²) in [5, 5.41) is 24.4. The summed E-state index contributed by atoms with van der Waals surface area (Å²) in [6.07, 6.45) is 1.71. The van der Waals surface area contributed by atoms with Gasteiger partial charge in [0.05, 0.1) is 5.56 Å². The Balaban J connectivity index is 1.27. The number of carbonyl (C=O) groups is 2. The number of amides is 2. The van der Waals surface area contributed by atoms with E-state index in [1.165, 1.54) is 11.1 Å². The number of H-pyrrole nitrogens is 1. The van der Waals surface area contributed by atoms with Gasteiger partial charge >= 0.3 is 6.09 Å². The second kappa shape index (κ2) is 10.5. The average molecular weight is 521 g/mol. The molecular weight excluding hydrogens is 496 g/mol. The van der Waals surface area contributed by atoms with Crippen molar-refractivity contribution in [1.29, 1.82) is 0 Å². The number of carbonyl (C=O) groups excluding carboxylic acids is 1. The van der Waals surface area contributed by atoms with E-state index in [1.807, 2.05) is 24.3 Å². The molecule has 10 heteroatoms. The van der Waals surface area contributed by atoms with Gasteiger partial charge in [-0.3, -0.25) is 14.7 Å². The number of carboxylic acid groups (broad SMARTS) is 1. The maximum Gasteiger partial charge on any atom is 0.408 e. The lowest BCUT2D eigenvalue weighted by atomic mass is 9.92. The molecule has 0 bridgehead atoms. The Morgan fingerprint density at radius 2 is 2.03 bits per heavy atom. The number of aromatic nitrogens is 2. The zero-order valence-electron chi connectivity index (χ0n) is 19.7. The Bertz CT molecular complexity index is 1420. The van der Waals surface area contributed by atoms with Gasteiger partial charge in [-0.25, -0.2) is 4.79 Å². The van der Waals surface area contributed by atoms with E-state index in [0.29, 0.717) is 29.3 Å². The fourth-order valence-corrected chi connectivity index (χ4v) is 4.79. The Morgan fingerprint density at radius 3 is 2.76 bits per heavy atom. The lowest BCUT2D eigenvalue weighted by Crippen LogP contribution is -2.39. The number of ether oxygens (including phenoxy) is 1. The van der Waals surface area contributed by atoms with Crippen LogP contribution in [0.2, 0.25) is 5.02 Å². The van der Waals surface area contributed by atoms with Crippen molar-refractivity contribution in [2.45, 2.75) is 18.6 Å². The number of fused-ring (bicyclic) bond motifs is 3. The molecule has 0 saturated carbocycles. The second-order valence-electron chi connectivity index (χ2n) is 8.82. The summed E-state index contributed by atoms with van der Waals surface area (Å²) < 4.78 is 5.69. The predicted octanol–water partition coefficient (Wildman–Crippen LogP) is 4.01. The number of nitrogens with one attached hydrogen (secondary N) is 2. The van der Waals surface area contributed by atoms with Crippen LogP contribution < -0.4 is 10.1 Å². The maximum atomic E-state index is 12.1. The standard InChI is InChI=1S/C27H25ClN4O5/c28-18-5-8-23-22(12-18)21-9-11-32(27(35)36)25(24(21)31-23)16-3-6-20(7-4-16)37-15-19(33)14-30-26(34)17-2-1-10-29-13-17/h1-8,10,12-13,19,25,31,33H,9,11,14-15H2,(H,30,34)(H,35,36). The van der Waals surface area contributed by atoms with Crippen LogP contribution in [-0.2, 0) is 6.42 Å². The molecule has 2 aromatic heterocycles. The third kappa shape index (κ3) is 5.23. The molecule has 190 valence electrons. The van der Waals surface area contributed by atoms with Crippen LogP contribution in [0.15, 0.2) is 67.0 Å². The van der Waals surface area contributed by atoms with Crippen molar-refractivity contribution < 1.29 is 24.5 Å². The van der Waals surface area contributed by atoms with Gasteiger partial charge in [-0.1, -0.05) is 23.7 Å². The number of hydrogen-bond acceptors (Lipinski definition) is 5. The van der Waals surface area contributed by atoms with Crippen LogP contribution in [0.4, 0.5) is 4.79 Å². The largest absolute Gasteiger partial charge is 0.491 e. The average Bonchev–Trinajstić information content (AvgIpc) is 3.28. The number of hydrogen-bond donors (Lipinski definition) is 4. The maximum absolute atomic E-state index is 12.1. The number of aromatic amines is 1. The summed E-state index contributed by atoms with van der Waals surface area (Å²) in [7, 11) is 0. The van der Waals surface area contributed by atoms with Crippen LogP contribution in [0.25, 0.3) is 10.9 Å². The van der Waals surface area contributed by atoms with Crippen molar-refractivity contribution in [3.63, 3.8) is 0 Å². The summed E-state index contributed by atoms with van der Waals surface area (Å²) in [6.45, 7) is 0.362. The molecular formula is C27H25ClN4O5. The van der Waals surface area contributed by atoms with Crippen molar-refractivity contribution in [2.75, 3.05) is 19.7 Å². The molecule has 4 aromatic rings. The molecule has 3 heterocycles. The summed E-state index contributed by atoms with van der Waals surface area (Å²) in [4.78, 5) is 32.9. The monoisotopic (exact) mass is 520 g/mol. The zero-order valence-corrected chi connectivity index (χ0v) is 20.5. The van der Waals surface area contributed by atoms with Crippen molar-refractivity contribution in [1.82, 2.24) is 20.2 Å². The Kier molecular flexibility index (Phi) is 6.98. The number of benzene rings is 2. The van der Waals surface area contributed by atoms with Crippen LogP contribution in [0.5, 0.6) is 5.75 Å². The fourth-order valence-electron chi connectivity index (χ4n) is 4.62. The second-order valence-corrected chi connectivity index (χ2v) is 9.26. The van der Waals surface area contributed by atoms with E-state index in [4.69, 9.17) is 16.3 Å². The van der Waals surface area contributed by atoms with Gasteiger partial charge in [-0.2, -0.15) is 0 Å². The molecule has 1 aliphatic rings. The van der Waals surface area contributed by atoms with E-state index in [9.17, 15) is 19.8 Å². The smallest absolute Gasteiger partial charge is 0.408 e. The van der Waals surface area contributed by atoms with Gasteiger partial charge in [0.2, 0.25) is 0 Å². The Morgan fingerprint density at radius 1 is 1.22 bits per heavy atom. The van der Waals surface area contributed by atoms with E-state index in [2.05, 4.69) is 15.3 Å². The van der Waals surface area contributed by atoms with Gasteiger partial charge in [0.1, 0.15) is 24.5 Å². The van der Waals surface area contributed by atoms with Crippen molar-refractivity contribution >= 4 is 34.5 Å². The molecule has 2 atom stereocenters. The first-order chi connectivity index (χ1) is 17.9. The summed E-state index contributed by atoms with van der Waals surface area (Å²) in [5.74, 6) is 0.188. The lowest BCUT2D eigenvalue weighted by molar-refractivity contribution is 0.0843. The van der Waals surface area contributed by atoms with Crippen molar-refractivity contribution in [3.8, 4) is 5.75 Å². The molecule has 0 spiro atoms. The van der Waals surface area contributed by atoms with E-state index in [1.54, 1.807) is 36.5 Å². The molecule has 1 aliphatic heterocycles. The third-order valence-electron chi connectivity index (χ3n) is 6.39. The van der Waals surface area contributed by atoms with E-state index in [0.717, 1.165) is 27.7 Å². The fraction of sp³-hybridized carbons (Fsp3) is 0.222. The number of aliphatic hydroxyl groups excluding tert-OH is 1. The highest BCUT2D eigenvalue weighted by Gasteiger charge is 2.34. The molecule has 37 heavy (non-hydrogen) atoms. The summed E-state index contributed by atoms with van der Waals surface area (Å²) >= 11 is 6.21. The number of aliphatic hydroxyl groups is 1. The first-order valence-corrected chi connectivity index (χ1v) is 12.2. The van der Waals surface area contributed by atoms with E-state index < -0.39 is 18.2 Å². The quantitative estimate of drug-likeness (QED) is 0.291. The Labute approximate surface area is 217 Å². The minimum atomic E-state index is -0.996. The minimum Gasteiger partial charge on any atom is -0.491 e. The number of pyridine rings is 1. The first kappa shape index (κ1) is 24.6. The van der Waals surface area contributed by atoms with Gasteiger partial charge in [-0.05, 0) is 60.0 Å². The van der Waals surface area contributed by atoms with Crippen LogP contribution in [0, 0.1) is 0 Å². The van der Waals surface area contributed by atoms with Gasteiger partial charge < -0.3 is 25.3 Å². The van der Waals surface area contributed by atoms with Crippen molar-refractivity contribution in [3.05, 3.63) is 94.4 Å². The van der Waals surface area contributed by atoms with Crippen LogP contribution in [-0.4, -0.2) is 62.9 Å². The topological polar surface area (TPSA) is 128 Å². The molecule has 5 rings (SSSR count). The highest BCUT2D eigenvalue weighted by molar-refractivity contribution is 6.31. The van der Waals surface area contributed by atoms with Gasteiger partial charge in [0, 0.05) is 47.1 Å². The SMILES string of the molecule is O=C(NCC(O)COc1ccc(C2c3[nH]c4ccc(Cl)cc4c3CCN2C(=O)O)cc1)c1cccnc1. The van der Waals surface area contributed by atoms with E-state index >= 15 is 0 Å². The van der Waals surface area contributed by atoms with Gasteiger partial charge in [0.25, 0.3) is 5.91 Å². The van der Waals surface area contributed by atoms with Crippen LogP contribution in [0.1, 0.15) is 33.2 Å². The molecule has 2 amide bonds. The number of halogens is 1. The molecule has 0 radical (unpaired) electrons. The summed E-state index contributed by atoms with van der Waals surface area (Å²) in [6, 6.07) is 15.5. The predicted molar refractivity (Wildman–Crippen MR) is 138 cm³/mol. The van der Waals surface area contributed by atoms with Gasteiger partial charge in [-0.15, -0.1) is 0 Å². The third-order valence-corrected chi connectivity index (χ3v) is 6.63. The molecule has 9 nitrogen and oxygen atoms in total. The molecule has 2 aromatic carbocycles. The number of rotatable bonds is 7. The molecule has 4 N–H and O–H groups in total. The normalized spacial score (nSPS) is 15.7. The highest BCUT2D eigenvalue weighted by atomic mass is 35.5.